The van der Waals surface area contributed by atoms with Gasteiger partial charge in [0.25, 0.3) is 0 Å². The van der Waals surface area contributed by atoms with Crippen molar-refractivity contribution in [2.75, 3.05) is 18.8 Å². The number of imidazole rings is 1. The molecule has 1 aliphatic heterocycles. The van der Waals surface area contributed by atoms with Gasteiger partial charge in [0.05, 0.1) is 16.8 Å². The van der Waals surface area contributed by atoms with E-state index in [0.29, 0.717) is 13.1 Å². The number of benzene rings is 2. The molecule has 1 aromatic heterocycles. The van der Waals surface area contributed by atoms with Crippen molar-refractivity contribution in [1.29, 1.82) is 0 Å². The average Bonchev–Trinajstić information content (AvgIpc) is 3.22. The van der Waals surface area contributed by atoms with Crippen molar-refractivity contribution in [2.24, 2.45) is 0 Å². The molecule has 4 rings (SSSR count). The molecule has 1 N–H and O–H groups in total. The van der Waals surface area contributed by atoms with Gasteiger partial charge < -0.3 is 5.32 Å². The molecule has 0 spiro atoms. The van der Waals surface area contributed by atoms with Crippen LogP contribution in [0, 0.1) is 6.92 Å². The smallest absolute Gasteiger partial charge is 0.324 e. The van der Waals surface area contributed by atoms with E-state index in [9.17, 15) is 9.59 Å². The van der Waals surface area contributed by atoms with Gasteiger partial charge in [-0.25, -0.2) is 9.78 Å². The molecule has 0 atom stereocenters. The fourth-order valence-electron chi connectivity index (χ4n) is 3.03. The van der Waals surface area contributed by atoms with Crippen molar-refractivity contribution in [3.8, 4) is 5.69 Å². The maximum atomic E-state index is 12.4. The zero-order chi connectivity index (χ0) is 18.1. The SMILES string of the molecule is Cc1cccc(-n2c(SCC(=O)N3CCNC3=O)nc3ccccc32)c1. The lowest BCUT2D eigenvalue weighted by Crippen LogP contribution is -2.35. The quantitative estimate of drug-likeness (QED) is 0.721. The molecule has 0 saturated carbocycles. The van der Waals surface area contributed by atoms with Crippen molar-refractivity contribution in [2.45, 2.75) is 12.1 Å². The van der Waals surface area contributed by atoms with Gasteiger partial charge in [0.1, 0.15) is 0 Å². The maximum absolute atomic E-state index is 12.4. The summed E-state index contributed by atoms with van der Waals surface area (Å²) < 4.78 is 2.06. The molecule has 6 nitrogen and oxygen atoms in total. The Kier molecular flexibility index (Phi) is 4.38. The molecular formula is C19H18N4O2S. The third-order valence-electron chi connectivity index (χ3n) is 4.27. The molecule has 1 fully saturated rings. The van der Waals surface area contributed by atoms with E-state index < -0.39 is 0 Å². The Bertz CT molecular complexity index is 998. The molecule has 7 heteroatoms. The highest BCUT2D eigenvalue weighted by Gasteiger charge is 2.26. The first-order valence-electron chi connectivity index (χ1n) is 8.39. The zero-order valence-electron chi connectivity index (χ0n) is 14.3. The van der Waals surface area contributed by atoms with E-state index in [-0.39, 0.29) is 17.7 Å². The molecule has 0 bridgehead atoms. The molecule has 132 valence electrons. The van der Waals surface area contributed by atoms with Gasteiger partial charge in [0.2, 0.25) is 5.91 Å². The number of hydrogen-bond donors (Lipinski definition) is 1. The summed E-state index contributed by atoms with van der Waals surface area (Å²) >= 11 is 1.35. The lowest BCUT2D eigenvalue weighted by molar-refractivity contribution is -0.124. The van der Waals surface area contributed by atoms with Crippen molar-refractivity contribution < 1.29 is 9.59 Å². The number of aromatic nitrogens is 2. The highest BCUT2D eigenvalue weighted by Crippen LogP contribution is 2.28. The van der Waals surface area contributed by atoms with Crippen LogP contribution in [0.25, 0.3) is 16.7 Å². The Morgan fingerprint density at radius 1 is 1.23 bits per heavy atom. The number of rotatable bonds is 4. The van der Waals surface area contributed by atoms with Crippen molar-refractivity contribution in [1.82, 2.24) is 19.8 Å². The van der Waals surface area contributed by atoms with Gasteiger partial charge in [-0.1, -0.05) is 36.0 Å². The number of carbonyl (C=O) groups excluding carboxylic acids is 2. The molecule has 26 heavy (non-hydrogen) atoms. The van der Waals surface area contributed by atoms with Crippen LogP contribution in [0.3, 0.4) is 0 Å². The van der Waals surface area contributed by atoms with Gasteiger partial charge in [0, 0.05) is 18.8 Å². The van der Waals surface area contributed by atoms with Gasteiger partial charge in [-0.2, -0.15) is 0 Å². The van der Waals surface area contributed by atoms with Crippen LogP contribution in [-0.2, 0) is 4.79 Å². The molecule has 2 heterocycles. The van der Waals surface area contributed by atoms with E-state index in [4.69, 9.17) is 4.98 Å². The minimum atomic E-state index is -0.317. The van der Waals surface area contributed by atoms with Gasteiger partial charge in [-0.3, -0.25) is 14.3 Å². The van der Waals surface area contributed by atoms with Crippen molar-refractivity contribution in [3.05, 3.63) is 54.1 Å². The maximum Gasteiger partial charge on any atom is 0.324 e. The van der Waals surface area contributed by atoms with E-state index in [1.807, 2.05) is 49.4 Å². The van der Waals surface area contributed by atoms with E-state index in [0.717, 1.165) is 27.4 Å². The van der Waals surface area contributed by atoms with Crippen molar-refractivity contribution >= 4 is 34.7 Å². The summed E-state index contributed by atoms with van der Waals surface area (Å²) in [6.45, 7) is 2.98. The lowest BCUT2D eigenvalue weighted by atomic mass is 10.2. The van der Waals surface area contributed by atoms with E-state index in [1.165, 1.54) is 16.7 Å². The first-order valence-corrected chi connectivity index (χ1v) is 9.37. The Balaban J connectivity index is 1.67. The number of amides is 3. The first-order chi connectivity index (χ1) is 12.6. The number of nitrogens with one attached hydrogen (secondary N) is 1. The summed E-state index contributed by atoms with van der Waals surface area (Å²) in [6.07, 6.45) is 0. The topological polar surface area (TPSA) is 67.2 Å². The highest BCUT2D eigenvalue weighted by molar-refractivity contribution is 7.99. The van der Waals surface area contributed by atoms with Crippen LogP contribution in [0.1, 0.15) is 5.56 Å². The number of para-hydroxylation sites is 2. The standard InChI is InChI=1S/C19H18N4O2S/c1-13-5-4-6-14(11-13)23-16-8-3-2-7-15(16)21-19(23)26-12-17(24)22-10-9-20-18(22)25/h2-8,11H,9-10,12H2,1H3,(H,20,25). The molecule has 3 aromatic rings. The number of imide groups is 1. The van der Waals surface area contributed by atoms with Crippen LogP contribution in [0.5, 0.6) is 0 Å². The Hall–Kier alpha value is -2.80. The second-order valence-corrected chi connectivity index (χ2v) is 7.07. The van der Waals surface area contributed by atoms with Crippen molar-refractivity contribution in [3.63, 3.8) is 0 Å². The number of hydrogen-bond acceptors (Lipinski definition) is 4. The molecule has 0 unspecified atom stereocenters. The van der Waals surface area contributed by atoms with Crippen LogP contribution < -0.4 is 5.32 Å². The number of nitrogens with zero attached hydrogens (tertiary/aromatic N) is 3. The predicted octanol–water partition coefficient (Wildman–Crippen LogP) is 2.98. The summed E-state index contributed by atoms with van der Waals surface area (Å²) in [4.78, 5) is 30.0. The first kappa shape index (κ1) is 16.7. The average molecular weight is 366 g/mol. The number of fused-ring (bicyclic) bond motifs is 1. The molecular weight excluding hydrogens is 348 g/mol. The fraction of sp³-hybridized carbons (Fsp3) is 0.211. The zero-order valence-corrected chi connectivity index (χ0v) is 15.1. The summed E-state index contributed by atoms with van der Waals surface area (Å²) in [5, 5.41) is 3.39. The van der Waals surface area contributed by atoms with Crippen LogP contribution in [0.15, 0.2) is 53.7 Å². The minimum absolute atomic E-state index is 0.169. The molecule has 0 aliphatic carbocycles. The number of urea groups is 1. The minimum Gasteiger partial charge on any atom is -0.336 e. The Labute approximate surface area is 155 Å². The van der Waals surface area contributed by atoms with E-state index in [2.05, 4.69) is 16.0 Å². The number of carbonyl (C=O) groups is 2. The summed E-state index contributed by atoms with van der Waals surface area (Å²) in [5.41, 5.74) is 4.03. The molecule has 0 radical (unpaired) electrons. The third kappa shape index (κ3) is 3.06. The van der Waals surface area contributed by atoms with E-state index in [1.54, 1.807) is 0 Å². The number of aryl methyl sites for hydroxylation is 1. The van der Waals surface area contributed by atoms with Crippen LogP contribution in [0.2, 0.25) is 0 Å². The Morgan fingerprint density at radius 3 is 2.85 bits per heavy atom. The largest absolute Gasteiger partial charge is 0.336 e. The highest BCUT2D eigenvalue weighted by atomic mass is 32.2. The molecule has 1 aliphatic rings. The van der Waals surface area contributed by atoms with Gasteiger partial charge >= 0.3 is 6.03 Å². The molecule has 3 amide bonds. The second kappa shape index (κ2) is 6.84. The predicted molar refractivity (Wildman–Crippen MR) is 102 cm³/mol. The summed E-state index contributed by atoms with van der Waals surface area (Å²) in [5.74, 6) is -0.0319. The molecule has 1 saturated heterocycles. The monoisotopic (exact) mass is 366 g/mol. The van der Waals surface area contributed by atoms with E-state index >= 15 is 0 Å². The fourth-order valence-corrected chi connectivity index (χ4v) is 3.94. The third-order valence-corrected chi connectivity index (χ3v) is 5.20. The second-order valence-electron chi connectivity index (χ2n) is 6.12. The number of thioether (sulfide) groups is 1. The lowest BCUT2D eigenvalue weighted by Gasteiger charge is -2.13. The summed E-state index contributed by atoms with van der Waals surface area (Å²) in [6, 6.07) is 15.8. The van der Waals surface area contributed by atoms with Crippen LogP contribution in [0.4, 0.5) is 4.79 Å². The molecule has 2 aromatic carbocycles. The Morgan fingerprint density at radius 2 is 2.08 bits per heavy atom. The van der Waals surface area contributed by atoms with Crippen LogP contribution in [-0.4, -0.2) is 45.2 Å². The van der Waals surface area contributed by atoms with Gasteiger partial charge in [0.15, 0.2) is 5.16 Å². The summed E-state index contributed by atoms with van der Waals surface area (Å²) in [7, 11) is 0. The normalized spacial score (nSPS) is 14.0. The van der Waals surface area contributed by atoms with Gasteiger partial charge in [-0.15, -0.1) is 0 Å². The van der Waals surface area contributed by atoms with Gasteiger partial charge in [-0.05, 0) is 36.8 Å². The van der Waals surface area contributed by atoms with Crippen LogP contribution >= 0.6 is 11.8 Å².